The van der Waals surface area contributed by atoms with E-state index in [0.29, 0.717) is 32.5 Å². The van der Waals surface area contributed by atoms with Crippen molar-refractivity contribution in [1.29, 1.82) is 5.26 Å². The van der Waals surface area contributed by atoms with Gasteiger partial charge in [-0.3, -0.25) is 0 Å². The molecule has 9 heteroatoms. The summed E-state index contributed by atoms with van der Waals surface area (Å²) in [5, 5.41) is 11.3. The third-order valence-electron chi connectivity index (χ3n) is 5.76. The fourth-order valence-electron chi connectivity index (χ4n) is 4.08. The first-order valence-corrected chi connectivity index (χ1v) is 11.9. The van der Waals surface area contributed by atoms with Crippen molar-refractivity contribution in [3.05, 3.63) is 103 Å². The van der Waals surface area contributed by atoms with Crippen LogP contribution in [-0.2, 0) is 0 Å². The summed E-state index contributed by atoms with van der Waals surface area (Å²) in [6, 6.07) is 17.6. The Morgan fingerprint density at radius 3 is 2.66 bits per heavy atom. The molecule has 1 aliphatic rings. The molecule has 174 valence electrons. The molecule has 5 rings (SSSR count). The van der Waals surface area contributed by atoms with Crippen LogP contribution in [0.1, 0.15) is 33.2 Å². The first kappa shape index (κ1) is 23.3. The molecule has 4 aromatic rings. The Morgan fingerprint density at radius 2 is 1.91 bits per heavy atom. The molecule has 3 aromatic carbocycles. The second kappa shape index (κ2) is 8.97. The number of furan rings is 1. The Kier molecular flexibility index (Phi) is 5.97. The van der Waals surface area contributed by atoms with E-state index in [1.807, 2.05) is 12.1 Å². The molecule has 1 atom stereocenters. The number of halogens is 3. The zero-order valence-corrected chi connectivity index (χ0v) is 21.2. The zero-order valence-electron chi connectivity index (χ0n) is 18.1. The largest absolute Gasteiger partial charge is 0.449 e. The van der Waals surface area contributed by atoms with E-state index in [1.54, 1.807) is 49.4 Å². The fraction of sp³-hybridized carbons (Fsp3) is 0.0769. The van der Waals surface area contributed by atoms with Crippen LogP contribution >= 0.6 is 39.1 Å². The summed E-state index contributed by atoms with van der Waals surface area (Å²) in [5.74, 6) is -0.522. The molecule has 6 nitrogen and oxygen atoms in total. The second-order valence-electron chi connectivity index (χ2n) is 7.88. The highest BCUT2D eigenvalue weighted by molar-refractivity contribution is 9.10. The van der Waals surface area contributed by atoms with E-state index in [4.69, 9.17) is 42.8 Å². The summed E-state index contributed by atoms with van der Waals surface area (Å²) in [7, 11) is 0. The predicted octanol–water partition coefficient (Wildman–Crippen LogP) is 7.25. The van der Waals surface area contributed by atoms with Crippen molar-refractivity contribution >= 4 is 56.1 Å². The van der Waals surface area contributed by atoms with E-state index < -0.39 is 11.9 Å². The van der Waals surface area contributed by atoms with Crippen LogP contribution in [0.25, 0.3) is 11.0 Å². The molecule has 0 saturated carbocycles. The van der Waals surface area contributed by atoms with Gasteiger partial charge in [0.05, 0.1) is 16.0 Å². The molecule has 35 heavy (non-hydrogen) atoms. The van der Waals surface area contributed by atoms with Gasteiger partial charge >= 0.3 is 5.97 Å². The quantitative estimate of drug-likeness (QED) is 0.206. The molecule has 0 aliphatic carbocycles. The Bertz CT molecular complexity index is 1600. The Hall–Kier alpha value is -3.44. The van der Waals surface area contributed by atoms with Crippen molar-refractivity contribution in [3.8, 4) is 17.6 Å². The number of ether oxygens (including phenoxy) is 2. The monoisotopic (exact) mass is 568 g/mol. The molecule has 1 aromatic heterocycles. The van der Waals surface area contributed by atoms with Crippen LogP contribution in [0.2, 0.25) is 10.0 Å². The highest BCUT2D eigenvalue weighted by Gasteiger charge is 2.31. The van der Waals surface area contributed by atoms with Gasteiger partial charge in [0.1, 0.15) is 28.7 Å². The Morgan fingerprint density at radius 1 is 1.11 bits per heavy atom. The van der Waals surface area contributed by atoms with Crippen LogP contribution in [0.4, 0.5) is 0 Å². The van der Waals surface area contributed by atoms with Crippen LogP contribution in [-0.4, -0.2) is 5.97 Å². The van der Waals surface area contributed by atoms with Gasteiger partial charge in [-0.2, -0.15) is 5.26 Å². The minimum Gasteiger partial charge on any atom is -0.449 e. The number of benzene rings is 3. The predicted molar refractivity (Wildman–Crippen MR) is 136 cm³/mol. The van der Waals surface area contributed by atoms with Crippen molar-refractivity contribution in [3.63, 3.8) is 0 Å². The maximum atomic E-state index is 12.9. The maximum absolute atomic E-state index is 12.9. The molecule has 1 aliphatic heterocycles. The standard InChI is InChI=1S/C26H15BrCl2N2O4/c1-12-17-9-14(27)3-7-21(17)34-24(12)26(32)33-15-4-5-16-22(10-15)35-25(31)18(11-30)23(16)13-2-6-19(28)20(29)8-13/h2-10,23H,31H2,1H3. The van der Waals surface area contributed by atoms with Crippen LogP contribution in [0.3, 0.4) is 0 Å². The van der Waals surface area contributed by atoms with E-state index >= 15 is 0 Å². The number of nitrogens with two attached hydrogens (primary N) is 1. The van der Waals surface area contributed by atoms with Crippen LogP contribution in [0, 0.1) is 18.3 Å². The van der Waals surface area contributed by atoms with E-state index in [1.165, 1.54) is 0 Å². The molecule has 0 saturated heterocycles. The third-order valence-corrected chi connectivity index (χ3v) is 6.99. The summed E-state index contributed by atoms with van der Waals surface area (Å²) in [6.07, 6.45) is 0. The van der Waals surface area contributed by atoms with Gasteiger partial charge in [0, 0.05) is 27.1 Å². The van der Waals surface area contributed by atoms with Crippen molar-refractivity contribution in [2.45, 2.75) is 12.8 Å². The first-order valence-electron chi connectivity index (χ1n) is 10.3. The topological polar surface area (TPSA) is 98.5 Å². The molecule has 0 spiro atoms. The normalized spacial score (nSPS) is 14.9. The number of allylic oxidation sites excluding steroid dienone is 1. The number of esters is 1. The van der Waals surface area contributed by atoms with E-state index in [-0.39, 0.29) is 23.0 Å². The molecular formula is C26H15BrCl2N2O4. The lowest BCUT2D eigenvalue weighted by Crippen LogP contribution is -2.21. The summed E-state index contributed by atoms with van der Waals surface area (Å²) >= 11 is 15.7. The van der Waals surface area contributed by atoms with Gasteiger partial charge in [-0.05, 0) is 48.9 Å². The van der Waals surface area contributed by atoms with Crippen molar-refractivity contribution < 1.29 is 18.7 Å². The van der Waals surface area contributed by atoms with E-state index in [2.05, 4.69) is 22.0 Å². The van der Waals surface area contributed by atoms with Gasteiger partial charge in [-0.1, -0.05) is 51.3 Å². The second-order valence-corrected chi connectivity index (χ2v) is 9.61. The molecular weight excluding hydrogens is 555 g/mol. The van der Waals surface area contributed by atoms with Crippen molar-refractivity contribution in [2.75, 3.05) is 0 Å². The Balaban J connectivity index is 1.50. The van der Waals surface area contributed by atoms with Gasteiger partial charge in [0.15, 0.2) is 0 Å². The van der Waals surface area contributed by atoms with Crippen LogP contribution < -0.4 is 15.2 Å². The van der Waals surface area contributed by atoms with Crippen LogP contribution in [0.5, 0.6) is 11.5 Å². The van der Waals surface area contributed by atoms with Gasteiger partial charge < -0.3 is 19.6 Å². The lowest BCUT2D eigenvalue weighted by molar-refractivity contribution is 0.0702. The minimum absolute atomic E-state index is 0.0433. The number of nitrogens with zero attached hydrogens (tertiary/aromatic N) is 1. The zero-order chi connectivity index (χ0) is 24.9. The van der Waals surface area contributed by atoms with Gasteiger partial charge in [-0.25, -0.2) is 4.79 Å². The first-order chi connectivity index (χ1) is 16.8. The summed E-state index contributed by atoms with van der Waals surface area (Å²) in [5.41, 5.74) is 8.95. The summed E-state index contributed by atoms with van der Waals surface area (Å²) < 4.78 is 17.9. The number of carbonyl (C=O) groups is 1. The Labute approximate surface area is 218 Å². The molecule has 0 amide bonds. The highest BCUT2D eigenvalue weighted by Crippen LogP contribution is 2.44. The molecule has 0 radical (unpaired) electrons. The number of aryl methyl sites for hydroxylation is 1. The average molecular weight is 570 g/mol. The summed E-state index contributed by atoms with van der Waals surface area (Å²) in [6.45, 7) is 1.79. The number of nitriles is 1. The third kappa shape index (κ3) is 4.14. The lowest BCUT2D eigenvalue weighted by atomic mass is 9.83. The van der Waals surface area contributed by atoms with Crippen molar-refractivity contribution in [1.82, 2.24) is 0 Å². The molecule has 2 N–H and O–H groups in total. The van der Waals surface area contributed by atoms with Gasteiger partial charge in [0.25, 0.3) is 0 Å². The van der Waals surface area contributed by atoms with Crippen molar-refractivity contribution in [2.24, 2.45) is 5.73 Å². The van der Waals surface area contributed by atoms with Gasteiger partial charge in [0.2, 0.25) is 11.6 Å². The molecule has 2 heterocycles. The molecule has 0 bridgehead atoms. The molecule has 1 unspecified atom stereocenters. The van der Waals surface area contributed by atoms with Gasteiger partial charge in [-0.15, -0.1) is 0 Å². The average Bonchev–Trinajstić information content (AvgIpc) is 3.15. The SMILES string of the molecule is Cc1c(C(=O)Oc2ccc3c(c2)OC(N)=C(C#N)C3c2ccc(Cl)c(Cl)c2)oc2ccc(Br)cc12. The fourth-order valence-corrected chi connectivity index (χ4v) is 4.74. The minimum atomic E-state index is -0.646. The highest BCUT2D eigenvalue weighted by atomic mass is 79.9. The summed E-state index contributed by atoms with van der Waals surface area (Å²) in [4.78, 5) is 12.9. The number of hydrogen-bond acceptors (Lipinski definition) is 6. The molecule has 0 fully saturated rings. The maximum Gasteiger partial charge on any atom is 0.379 e. The number of carbonyl (C=O) groups excluding carboxylic acids is 1. The van der Waals surface area contributed by atoms with E-state index in [9.17, 15) is 10.1 Å². The van der Waals surface area contributed by atoms with E-state index in [0.717, 1.165) is 15.4 Å². The number of fused-ring (bicyclic) bond motifs is 2. The van der Waals surface area contributed by atoms with Crippen LogP contribution in [0.15, 0.2) is 74.9 Å². The number of rotatable bonds is 3. The smallest absolute Gasteiger partial charge is 0.379 e. The lowest BCUT2D eigenvalue weighted by Gasteiger charge is -2.27. The number of hydrogen-bond donors (Lipinski definition) is 1.